The van der Waals surface area contributed by atoms with Crippen LogP contribution in [0.5, 0.6) is 5.75 Å². The van der Waals surface area contributed by atoms with Gasteiger partial charge in [-0.3, -0.25) is 9.69 Å². The van der Waals surface area contributed by atoms with Gasteiger partial charge in [-0.25, -0.2) is 0 Å². The standard InChI is InChI=1S/C28H34F3NO3/c1-2-17-3-9-23(10-4-17)35-25-12-6-19-13-18(5-11-24(19)26(25)28(29,30)31)16-32-21-7-8-22(32)15-20(14-21)27(33)34/h5-6,11-13,17,20-23H,2-4,7-10,14-16H2,1H3,(H,33,34)/t17-,20?,21?,22?,23+. The van der Waals surface area contributed by atoms with Crippen molar-refractivity contribution in [2.75, 3.05) is 0 Å². The second-order valence-corrected chi connectivity index (χ2v) is 10.7. The molecule has 2 heterocycles. The average Bonchev–Trinajstić information content (AvgIpc) is 3.04. The predicted octanol–water partition coefficient (Wildman–Crippen LogP) is 7.03. The smallest absolute Gasteiger partial charge is 0.420 e. The molecule has 2 aromatic carbocycles. The van der Waals surface area contributed by atoms with E-state index in [2.05, 4.69) is 11.8 Å². The second-order valence-electron chi connectivity index (χ2n) is 10.7. The number of hydrogen-bond acceptors (Lipinski definition) is 3. The third-order valence-electron chi connectivity index (χ3n) is 8.59. The first-order valence-electron chi connectivity index (χ1n) is 13.0. The monoisotopic (exact) mass is 489 g/mol. The largest absolute Gasteiger partial charge is 0.490 e. The fraction of sp³-hybridized carbons (Fsp3) is 0.607. The van der Waals surface area contributed by atoms with Crippen molar-refractivity contribution in [3.8, 4) is 5.75 Å². The maximum absolute atomic E-state index is 14.2. The van der Waals surface area contributed by atoms with Gasteiger partial charge in [0, 0.05) is 18.6 Å². The number of nitrogens with zero attached hydrogens (tertiary/aromatic N) is 1. The zero-order chi connectivity index (χ0) is 24.7. The molecule has 1 saturated carbocycles. The summed E-state index contributed by atoms with van der Waals surface area (Å²) < 4.78 is 48.6. The van der Waals surface area contributed by atoms with Crippen molar-refractivity contribution in [1.29, 1.82) is 0 Å². The van der Waals surface area contributed by atoms with E-state index in [9.17, 15) is 23.1 Å². The molecule has 1 aliphatic carbocycles. The van der Waals surface area contributed by atoms with Gasteiger partial charge in [-0.2, -0.15) is 13.2 Å². The van der Waals surface area contributed by atoms with E-state index in [4.69, 9.17) is 4.74 Å². The van der Waals surface area contributed by atoms with Gasteiger partial charge in [0.25, 0.3) is 0 Å². The van der Waals surface area contributed by atoms with E-state index in [-0.39, 0.29) is 35.2 Å². The Hall–Kier alpha value is -2.28. The van der Waals surface area contributed by atoms with E-state index in [1.807, 2.05) is 6.07 Å². The molecule has 35 heavy (non-hydrogen) atoms. The van der Waals surface area contributed by atoms with Crippen LogP contribution in [-0.4, -0.2) is 34.2 Å². The van der Waals surface area contributed by atoms with Crippen LogP contribution in [0.3, 0.4) is 0 Å². The van der Waals surface area contributed by atoms with E-state index in [0.29, 0.717) is 30.7 Å². The Balaban J connectivity index is 1.37. The van der Waals surface area contributed by atoms with Crippen LogP contribution in [0.4, 0.5) is 13.2 Å². The lowest BCUT2D eigenvalue weighted by Crippen LogP contribution is -2.44. The van der Waals surface area contributed by atoms with E-state index in [1.165, 1.54) is 6.07 Å². The fourth-order valence-corrected chi connectivity index (χ4v) is 6.63. The molecule has 0 spiro atoms. The summed E-state index contributed by atoms with van der Waals surface area (Å²) in [6.07, 6.45) is 3.32. The molecule has 2 aliphatic heterocycles. The van der Waals surface area contributed by atoms with Crippen LogP contribution in [0.2, 0.25) is 0 Å². The van der Waals surface area contributed by atoms with Crippen molar-refractivity contribution in [3.63, 3.8) is 0 Å². The molecule has 1 N–H and O–H groups in total. The van der Waals surface area contributed by atoms with E-state index in [0.717, 1.165) is 50.5 Å². The summed E-state index contributed by atoms with van der Waals surface area (Å²) in [4.78, 5) is 13.8. The van der Waals surface area contributed by atoms with Crippen molar-refractivity contribution < 1.29 is 27.8 Å². The zero-order valence-electron chi connectivity index (χ0n) is 20.2. The minimum Gasteiger partial charge on any atom is -0.490 e. The first-order valence-corrected chi connectivity index (χ1v) is 13.0. The Morgan fingerprint density at radius 3 is 2.31 bits per heavy atom. The Kier molecular flexibility index (Phi) is 6.73. The van der Waals surface area contributed by atoms with Gasteiger partial charge in [0.2, 0.25) is 0 Å². The summed E-state index contributed by atoms with van der Waals surface area (Å²) >= 11 is 0. The Morgan fingerprint density at radius 1 is 1.03 bits per heavy atom. The highest BCUT2D eigenvalue weighted by molar-refractivity contribution is 5.89. The number of carbonyl (C=O) groups is 1. The minimum absolute atomic E-state index is 0.0634. The number of piperidine rings is 1. The maximum Gasteiger partial charge on any atom is 0.420 e. The highest BCUT2D eigenvalue weighted by atomic mass is 19.4. The molecule has 7 heteroatoms. The lowest BCUT2D eigenvalue weighted by molar-refractivity contribution is -0.144. The van der Waals surface area contributed by atoms with Crippen LogP contribution in [0.1, 0.15) is 75.8 Å². The molecular formula is C28H34F3NO3. The summed E-state index contributed by atoms with van der Waals surface area (Å²) in [5, 5.41) is 10.2. The number of carboxylic acid groups (broad SMARTS) is 1. The predicted molar refractivity (Wildman–Crippen MR) is 128 cm³/mol. The summed E-state index contributed by atoms with van der Waals surface area (Å²) in [6, 6.07) is 8.92. The van der Waals surface area contributed by atoms with Crippen LogP contribution in [0.15, 0.2) is 30.3 Å². The molecule has 2 atom stereocenters. The molecule has 0 amide bonds. The molecule has 2 unspecified atom stereocenters. The van der Waals surface area contributed by atoms with Gasteiger partial charge in [0.05, 0.1) is 12.0 Å². The lowest BCUT2D eigenvalue weighted by Gasteiger charge is -2.37. The van der Waals surface area contributed by atoms with Crippen LogP contribution in [0.25, 0.3) is 10.8 Å². The van der Waals surface area contributed by atoms with Gasteiger partial charge >= 0.3 is 12.1 Å². The molecule has 2 bridgehead atoms. The molecule has 2 saturated heterocycles. The van der Waals surface area contributed by atoms with E-state index in [1.54, 1.807) is 18.2 Å². The van der Waals surface area contributed by atoms with Crippen molar-refractivity contribution in [2.45, 2.75) is 95.6 Å². The molecule has 3 aliphatic rings. The van der Waals surface area contributed by atoms with E-state index < -0.39 is 17.7 Å². The number of benzene rings is 2. The van der Waals surface area contributed by atoms with Gasteiger partial charge in [-0.15, -0.1) is 0 Å². The SMILES string of the molecule is CC[C@H]1CC[C@@H](Oc2ccc3cc(CN4C5CCC4CC(C(=O)O)C5)ccc3c2C(F)(F)F)CC1. The number of fused-ring (bicyclic) bond motifs is 3. The van der Waals surface area contributed by atoms with Crippen LogP contribution in [-0.2, 0) is 17.5 Å². The maximum atomic E-state index is 14.2. The summed E-state index contributed by atoms with van der Waals surface area (Å²) in [5.41, 5.74) is 0.282. The Bertz CT molecular complexity index is 1060. The summed E-state index contributed by atoms with van der Waals surface area (Å²) in [5.74, 6) is -0.419. The van der Waals surface area contributed by atoms with Crippen molar-refractivity contribution in [3.05, 3.63) is 41.5 Å². The highest BCUT2D eigenvalue weighted by Crippen LogP contribution is 2.44. The van der Waals surface area contributed by atoms with E-state index >= 15 is 0 Å². The average molecular weight is 490 g/mol. The number of halogens is 3. The number of ether oxygens (including phenoxy) is 1. The normalized spacial score (nSPS) is 29.4. The van der Waals surface area contributed by atoms with Crippen molar-refractivity contribution in [2.24, 2.45) is 11.8 Å². The topological polar surface area (TPSA) is 49.8 Å². The third-order valence-corrected chi connectivity index (χ3v) is 8.59. The number of alkyl halides is 3. The number of carboxylic acids is 1. The van der Waals surface area contributed by atoms with Crippen LogP contribution >= 0.6 is 0 Å². The van der Waals surface area contributed by atoms with Gasteiger partial charge < -0.3 is 9.84 Å². The fourth-order valence-electron chi connectivity index (χ4n) is 6.63. The molecule has 3 fully saturated rings. The second kappa shape index (κ2) is 9.64. The molecular weight excluding hydrogens is 455 g/mol. The third kappa shape index (κ3) is 5.02. The first-order chi connectivity index (χ1) is 16.7. The lowest BCUT2D eigenvalue weighted by atomic mass is 9.86. The molecule has 4 nitrogen and oxygen atoms in total. The van der Waals surface area contributed by atoms with Gasteiger partial charge in [0.1, 0.15) is 11.3 Å². The molecule has 5 rings (SSSR count). The van der Waals surface area contributed by atoms with Gasteiger partial charge in [0.15, 0.2) is 0 Å². The van der Waals surface area contributed by atoms with Crippen molar-refractivity contribution in [1.82, 2.24) is 4.90 Å². The van der Waals surface area contributed by atoms with Crippen LogP contribution < -0.4 is 4.74 Å². The Morgan fingerprint density at radius 2 is 1.71 bits per heavy atom. The Labute approximate surface area is 204 Å². The summed E-state index contributed by atoms with van der Waals surface area (Å²) in [6.45, 7) is 2.80. The number of rotatable bonds is 6. The van der Waals surface area contributed by atoms with Gasteiger partial charge in [-0.1, -0.05) is 31.5 Å². The number of aliphatic carboxylic acids is 1. The first kappa shape index (κ1) is 24.4. The van der Waals surface area contributed by atoms with Gasteiger partial charge in [-0.05, 0) is 85.8 Å². The molecule has 0 aromatic heterocycles. The quantitative estimate of drug-likeness (QED) is 0.473. The minimum atomic E-state index is -4.51. The molecule has 0 radical (unpaired) electrons. The highest BCUT2D eigenvalue weighted by Gasteiger charge is 2.43. The molecule has 190 valence electrons. The van der Waals surface area contributed by atoms with Crippen molar-refractivity contribution >= 4 is 16.7 Å². The zero-order valence-corrected chi connectivity index (χ0v) is 20.2. The summed E-state index contributed by atoms with van der Waals surface area (Å²) in [7, 11) is 0. The molecule has 2 aromatic rings. The number of hydrogen-bond donors (Lipinski definition) is 1. The van der Waals surface area contributed by atoms with Crippen LogP contribution in [0, 0.1) is 11.8 Å².